The van der Waals surface area contributed by atoms with Gasteiger partial charge in [-0.15, -0.1) is 11.3 Å². The van der Waals surface area contributed by atoms with Gasteiger partial charge in [-0.05, 0) is 38.5 Å². The van der Waals surface area contributed by atoms with E-state index in [-0.39, 0.29) is 11.5 Å². The largest absolute Gasteiger partial charge is 0.497 e. The molecule has 0 spiro atoms. The van der Waals surface area contributed by atoms with E-state index in [1.807, 2.05) is 6.92 Å². The number of hydrogen-bond acceptors (Lipinski definition) is 6. The summed E-state index contributed by atoms with van der Waals surface area (Å²) in [6.07, 6.45) is -1.02. The lowest BCUT2D eigenvalue weighted by Gasteiger charge is -2.14. The molecule has 2 N–H and O–H groups in total. The van der Waals surface area contributed by atoms with Crippen LogP contribution in [-0.4, -0.2) is 31.0 Å². The number of rotatable bonds is 6. The van der Waals surface area contributed by atoms with Gasteiger partial charge in [0.25, 0.3) is 5.91 Å². The highest BCUT2D eigenvalue weighted by molar-refractivity contribution is 7.16. The minimum absolute atomic E-state index is 0.272. The molecule has 0 aliphatic heterocycles. The van der Waals surface area contributed by atoms with Crippen molar-refractivity contribution in [3.8, 4) is 5.75 Å². The van der Waals surface area contributed by atoms with E-state index in [1.165, 1.54) is 32.3 Å². The third kappa shape index (κ3) is 5.07. The number of nitrogens with one attached hydrogen (secondary N) is 2. The first-order chi connectivity index (χ1) is 12.7. The maximum Gasteiger partial charge on any atom is 0.342 e. The van der Waals surface area contributed by atoms with E-state index >= 15 is 0 Å². The SMILES string of the molecule is COc1cccc(NC(=O)[C@H](C)OC(=O)c2c(NC(C)=O)sc(C)c2C)c1. The monoisotopic (exact) mass is 390 g/mol. The second kappa shape index (κ2) is 8.68. The van der Waals surface area contributed by atoms with Crippen molar-refractivity contribution in [3.05, 3.63) is 40.3 Å². The summed E-state index contributed by atoms with van der Waals surface area (Å²) >= 11 is 1.29. The zero-order chi connectivity index (χ0) is 20.1. The predicted molar refractivity (Wildman–Crippen MR) is 105 cm³/mol. The molecule has 0 unspecified atom stereocenters. The highest BCUT2D eigenvalue weighted by Gasteiger charge is 2.25. The summed E-state index contributed by atoms with van der Waals surface area (Å²) in [5.74, 6) is -0.813. The molecule has 0 aliphatic rings. The van der Waals surface area contributed by atoms with Crippen molar-refractivity contribution in [1.82, 2.24) is 0 Å². The molecule has 2 amide bonds. The highest BCUT2D eigenvalue weighted by Crippen LogP contribution is 2.33. The third-order valence-corrected chi connectivity index (χ3v) is 4.99. The van der Waals surface area contributed by atoms with E-state index in [4.69, 9.17) is 9.47 Å². The number of amides is 2. The summed E-state index contributed by atoms with van der Waals surface area (Å²) in [7, 11) is 1.53. The molecule has 27 heavy (non-hydrogen) atoms. The molecule has 0 bridgehead atoms. The summed E-state index contributed by atoms with van der Waals surface area (Å²) in [6.45, 7) is 6.47. The molecule has 2 rings (SSSR count). The molecule has 1 atom stereocenters. The molecular formula is C19H22N2O5S. The van der Waals surface area contributed by atoms with Crippen molar-refractivity contribution in [2.45, 2.75) is 33.8 Å². The van der Waals surface area contributed by atoms with Gasteiger partial charge < -0.3 is 20.1 Å². The summed E-state index contributed by atoms with van der Waals surface area (Å²) in [5.41, 5.74) is 1.52. The molecule has 1 heterocycles. The van der Waals surface area contributed by atoms with Gasteiger partial charge in [0, 0.05) is 23.6 Å². The molecule has 2 aromatic rings. The van der Waals surface area contributed by atoms with Crippen molar-refractivity contribution < 1.29 is 23.9 Å². The lowest BCUT2D eigenvalue weighted by atomic mass is 10.1. The fourth-order valence-electron chi connectivity index (χ4n) is 2.34. The maximum atomic E-state index is 12.6. The molecule has 0 saturated heterocycles. The van der Waals surface area contributed by atoms with E-state index in [0.717, 1.165) is 4.88 Å². The number of anilines is 2. The van der Waals surface area contributed by atoms with Crippen molar-refractivity contribution in [2.75, 3.05) is 17.7 Å². The van der Waals surface area contributed by atoms with Crippen molar-refractivity contribution in [1.29, 1.82) is 0 Å². The Morgan fingerprint density at radius 2 is 1.85 bits per heavy atom. The van der Waals surface area contributed by atoms with Gasteiger partial charge >= 0.3 is 5.97 Å². The number of methoxy groups -OCH3 is 1. The Morgan fingerprint density at radius 3 is 2.48 bits per heavy atom. The Balaban J connectivity index is 2.10. The minimum atomic E-state index is -1.02. The Kier molecular flexibility index (Phi) is 6.57. The topological polar surface area (TPSA) is 93.7 Å². The fourth-order valence-corrected chi connectivity index (χ4v) is 3.43. The number of aryl methyl sites for hydroxylation is 1. The van der Waals surface area contributed by atoms with Gasteiger partial charge in [-0.3, -0.25) is 9.59 Å². The number of esters is 1. The number of thiophene rings is 1. The second-order valence-corrected chi connectivity index (χ2v) is 7.16. The van der Waals surface area contributed by atoms with Crippen LogP contribution in [0.1, 0.15) is 34.6 Å². The van der Waals surface area contributed by atoms with Gasteiger partial charge in [-0.2, -0.15) is 0 Å². The number of carbonyl (C=O) groups excluding carboxylic acids is 3. The van der Waals surface area contributed by atoms with E-state index in [2.05, 4.69) is 10.6 Å². The average Bonchev–Trinajstić information content (AvgIpc) is 2.88. The molecular weight excluding hydrogens is 368 g/mol. The lowest BCUT2D eigenvalue weighted by molar-refractivity contribution is -0.123. The Labute approximate surface area is 161 Å². The van der Waals surface area contributed by atoms with Crippen LogP contribution in [0.2, 0.25) is 0 Å². The van der Waals surface area contributed by atoms with E-state index in [1.54, 1.807) is 31.2 Å². The van der Waals surface area contributed by atoms with E-state index in [0.29, 0.717) is 22.0 Å². The number of hydrogen-bond donors (Lipinski definition) is 2. The zero-order valence-corrected chi connectivity index (χ0v) is 16.7. The lowest BCUT2D eigenvalue weighted by Crippen LogP contribution is -2.30. The van der Waals surface area contributed by atoms with Gasteiger partial charge in [0.05, 0.1) is 12.7 Å². The van der Waals surface area contributed by atoms with Crippen LogP contribution in [0.15, 0.2) is 24.3 Å². The van der Waals surface area contributed by atoms with Gasteiger partial charge in [0.1, 0.15) is 10.8 Å². The summed E-state index contributed by atoms with van der Waals surface area (Å²) in [6, 6.07) is 6.86. The van der Waals surface area contributed by atoms with Crippen LogP contribution in [-0.2, 0) is 14.3 Å². The first kappa shape index (κ1) is 20.4. The molecule has 144 valence electrons. The molecule has 0 fully saturated rings. The molecule has 0 aliphatic carbocycles. The van der Waals surface area contributed by atoms with Crippen molar-refractivity contribution in [2.24, 2.45) is 0 Å². The molecule has 0 radical (unpaired) electrons. The van der Waals surface area contributed by atoms with Crippen LogP contribution in [0, 0.1) is 13.8 Å². The van der Waals surface area contributed by atoms with Crippen molar-refractivity contribution >= 4 is 39.8 Å². The summed E-state index contributed by atoms with van der Waals surface area (Å²) in [4.78, 5) is 37.2. The van der Waals surface area contributed by atoms with Crippen LogP contribution in [0.5, 0.6) is 5.75 Å². The Bertz CT molecular complexity index is 875. The smallest absolute Gasteiger partial charge is 0.342 e. The van der Waals surface area contributed by atoms with Crippen LogP contribution in [0.4, 0.5) is 10.7 Å². The third-order valence-electron chi connectivity index (χ3n) is 3.87. The van der Waals surface area contributed by atoms with Gasteiger partial charge in [-0.25, -0.2) is 4.79 Å². The minimum Gasteiger partial charge on any atom is -0.497 e. The second-order valence-electron chi connectivity index (χ2n) is 5.94. The van der Waals surface area contributed by atoms with Gasteiger partial charge in [0.2, 0.25) is 5.91 Å². The van der Waals surface area contributed by atoms with Crippen LogP contribution < -0.4 is 15.4 Å². The van der Waals surface area contributed by atoms with Crippen LogP contribution in [0.3, 0.4) is 0 Å². The normalized spacial score (nSPS) is 11.4. The summed E-state index contributed by atoms with van der Waals surface area (Å²) in [5, 5.41) is 5.73. The zero-order valence-electron chi connectivity index (χ0n) is 15.8. The predicted octanol–water partition coefficient (Wildman–Crippen LogP) is 3.52. The van der Waals surface area contributed by atoms with Crippen molar-refractivity contribution in [3.63, 3.8) is 0 Å². The van der Waals surface area contributed by atoms with Gasteiger partial charge in [0.15, 0.2) is 6.10 Å². The molecule has 0 saturated carbocycles. The standard InChI is InChI=1S/C19H22N2O5S/c1-10-12(3)27-18(20-13(4)22)16(10)19(24)26-11(2)17(23)21-14-7-6-8-15(9-14)25-5/h6-9,11H,1-5H3,(H,20,22)(H,21,23)/t11-/m0/s1. The Morgan fingerprint density at radius 1 is 1.15 bits per heavy atom. The maximum absolute atomic E-state index is 12.6. The van der Waals surface area contributed by atoms with Gasteiger partial charge in [-0.1, -0.05) is 6.07 Å². The van der Waals surface area contributed by atoms with E-state index in [9.17, 15) is 14.4 Å². The highest BCUT2D eigenvalue weighted by atomic mass is 32.1. The van der Waals surface area contributed by atoms with E-state index < -0.39 is 18.0 Å². The summed E-state index contributed by atoms with van der Waals surface area (Å²) < 4.78 is 10.4. The quantitative estimate of drug-likeness (QED) is 0.736. The molecule has 8 heteroatoms. The Hall–Kier alpha value is -2.87. The first-order valence-electron chi connectivity index (χ1n) is 8.26. The fraction of sp³-hybridized carbons (Fsp3) is 0.316. The molecule has 7 nitrogen and oxygen atoms in total. The van der Waals surface area contributed by atoms with Crippen LogP contribution in [0.25, 0.3) is 0 Å². The average molecular weight is 390 g/mol. The number of carbonyl (C=O) groups is 3. The van der Waals surface area contributed by atoms with Crippen LogP contribution >= 0.6 is 11.3 Å². The molecule has 1 aromatic carbocycles. The number of ether oxygens (including phenoxy) is 2. The first-order valence-corrected chi connectivity index (χ1v) is 9.08. The molecule has 1 aromatic heterocycles. The number of benzene rings is 1.